The molecular weight excluding hydrogens is 290 g/mol. The summed E-state index contributed by atoms with van der Waals surface area (Å²) >= 11 is 7.52. The van der Waals surface area contributed by atoms with E-state index in [9.17, 15) is 4.79 Å². The highest BCUT2D eigenvalue weighted by Gasteiger charge is 2.03. The van der Waals surface area contributed by atoms with Crippen molar-refractivity contribution >= 4 is 29.3 Å². The Balaban J connectivity index is 1.74. The molecule has 0 atom stereocenters. The monoisotopic (exact) mass is 305 g/mol. The quantitative estimate of drug-likeness (QED) is 0.663. The Morgan fingerprint density at radius 1 is 1.10 bits per heavy atom. The van der Waals surface area contributed by atoms with Gasteiger partial charge in [0.2, 0.25) is 0 Å². The molecule has 20 heavy (non-hydrogen) atoms. The van der Waals surface area contributed by atoms with Crippen molar-refractivity contribution < 1.29 is 4.79 Å². The third kappa shape index (κ3) is 4.58. The lowest BCUT2D eigenvalue weighted by atomic mass is 10.1. The number of benzene rings is 2. The molecule has 0 unspecified atom stereocenters. The minimum absolute atomic E-state index is 0.0262. The first-order chi connectivity index (χ1) is 9.65. The normalized spacial score (nSPS) is 10.3. The van der Waals surface area contributed by atoms with Gasteiger partial charge in [0, 0.05) is 27.8 Å². The molecule has 0 saturated heterocycles. The van der Waals surface area contributed by atoms with Gasteiger partial charge in [0.15, 0.2) is 0 Å². The molecule has 4 heteroatoms. The van der Waals surface area contributed by atoms with E-state index in [0.29, 0.717) is 12.1 Å². The van der Waals surface area contributed by atoms with Crippen LogP contribution in [0, 0.1) is 6.92 Å². The van der Waals surface area contributed by atoms with E-state index in [1.807, 2.05) is 55.5 Å². The molecule has 0 bridgehead atoms. The van der Waals surface area contributed by atoms with Crippen molar-refractivity contribution in [1.29, 1.82) is 0 Å². The lowest BCUT2D eigenvalue weighted by Gasteiger charge is -2.05. The van der Waals surface area contributed by atoms with Crippen molar-refractivity contribution in [2.75, 3.05) is 12.3 Å². The number of hydrogen-bond acceptors (Lipinski definition) is 2. The average Bonchev–Trinajstić information content (AvgIpc) is 2.46. The zero-order valence-corrected chi connectivity index (χ0v) is 12.8. The summed E-state index contributed by atoms with van der Waals surface area (Å²) in [5.41, 5.74) is 1.85. The highest BCUT2D eigenvalue weighted by atomic mass is 35.5. The number of halogens is 1. The number of amides is 1. The molecule has 0 aliphatic heterocycles. The molecule has 0 aliphatic carbocycles. The molecule has 0 radical (unpaired) electrons. The van der Waals surface area contributed by atoms with E-state index in [1.165, 1.54) is 0 Å². The Hall–Kier alpha value is -1.45. The summed E-state index contributed by atoms with van der Waals surface area (Å²) in [5, 5.41) is 3.65. The molecular formula is C16H16ClNOS. The van der Waals surface area contributed by atoms with Crippen LogP contribution in [-0.4, -0.2) is 18.2 Å². The SMILES string of the molecule is Cc1ccc(C(=O)NCCSc2ccc(Cl)cc2)cc1. The molecule has 2 aromatic rings. The van der Waals surface area contributed by atoms with Gasteiger partial charge in [-0.05, 0) is 43.3 Å². The van der Waals surface area contributed by atoms with Gasteiger partial charge in [-0.1, -0.05) is 29.3 Å². The van der Waals surface area contributed by atoms with Gasteiger partial charge in [-0.15, -0.1) is 11.8 Å². The molecule has 0 aliphatic rings. The largest absolute Gasteiger partial charge is 0.351 e. The van der Waals surface area contributed by atoms with E-state index in [4.69, 9.17) is 11.6 Å². The molecule has 0 heterocycles. The third-order valence-corrected chi connectivity index (χ3v) is 4.05. The molecule has 1 N–H and O–H groups in total. The summed E-state index contributed by atoms with van der Waals surface area (Å²) < 4.78 is 0. The molecule has 0 fully saturated rings. The molecule has 104 valence electrons. The number of carbonyl (C=O) groups is 1. The maximum absolute atomic E-state index is 11.9. The number of carbonyl (C=O) groups excluding carboxylic acids is 1. The van der Waals surface area contributed by atoms with Crippen LogP contribution in [-0.2, 0) is 0 Å². The number of aryl methyl sites for hydroxylation is 1. The van der Waals surface area contributed by atoms with Gasteiger partial charge >= 0.3 is 0 Å². The van der Waals surface area contributed by atoms with Crippen LogP contribution in [0.2, 0.25) is 5.02 Å². The summed E-state index contributed by atoms with van der Waals surface area (Å²) in [6, 6.07) is 15.3. The van der Waals surface area contributed by atoms with Crippen molar-refractivity contribution in [2.45, 2.75) is 11.8 Å². The number of hydrogen-bond donors (Lipinski definition) is 1. The zero-order chi connectivity index (χ0) is 14.4. The molecule has 0 aromatic heterocycles. The first-order valence-corrected chi connectivity index (χ1v) is 7.75. The second kappa shape index (κ2) is 7.36. The van der Waals surface area contributed by atoms with Gasteiger partial charge in [-0.3, -0.25) is 4.79 Å². The third-order valence-electron chi connectivity index (χ3n) is 2.78. The van der Waals surface area contributed by atoms with Crippen LogP contribution in [0.25, 0.3) is 0 Å². The van der Waals surface area contributed by atoms with Crippen molar-refractivity contribution in [1.82, 2.24) is 5.32 Å². The van der Waals surface area contributed by atoms with E-state index < -0.39 is 0 Å². The predicted molar refractivity (Wildman–Crippen MR) is 85.7 cm³/mol. The average molecular weight is 306 g/mol. The van der Waals surface area contributed by atoms with Crippen molar-refractivity contribution in [2.24, 2.45) is 0 Å². The Kier molecular flexibility index (Phi) is 5.50. The maximum atomic E-state index is 11.9. The minimum atomic E-state index is -0.0262. The van der Waals surface area contributed by atoms with Gasteiger partial charge in [0.05, 0.1) is 0 Å². The molecule has 2 aromatic carbocycles. The Morgan fingerprint density at radius 3 is 2.40 bits per heavy atom. The van der Waals surface area contributed by atoms with Crippen LogP contribution >= 0.6 is 23.4 Å². The Bertz CT molecular complexity index is 566. The minimum Gasteiger partial charge on any atom is -0.351 e. The van der Waals surface area contributed by atoms with Gasteiger partial charge in [0.1, 0.15) is 0 Å². The Labute approximate surface area is 128 Å². The van der Waals surface area contributed by atoms with E-state index in [1.54, 1.807) is 11.8 Å². The first kappa shape index (κ1) is 14.9. The van der Waals surface area contributed by atoms with E-state index >= 15 is 0 Å². The van der Waals surface area contributed by atoms with Crippen LogP contribution in [0.5, 0.6) is 0 Å². The molecule has 0 saturated carbocycles. The summed E-state index contributed by atoms with van der Waals surface area (Å²) in [4.78, 5) is 13.0. The zero-order valence-electron chi connectivity index (χ0n) is 11.2. The summed E-state index contributed by atoms with van der Waals surface area (Å²) in [7, 11) is 0. The van der Waals surface area contributed by atoms with Gasteiger partial charge in [-0.2, -0.15) is 0 Å². The van der Waals surface area contributed by atoms with Crippen LogP contribution in [0.4, 0.5) is 0 Å². The second-order valence-corrected chi connectivity index (χ2v) is 6.03. The summed E-state index contributed by atoms with van der Waals surface area (Å²) in [6.45, 7) is 2.64. The highest BCUT2D eigenvalue weighted by molar-refractivity contribution is 7.99. The number of rotatable bonds is 5. The van der Waals surface area contributed by atoms with Crippen molar-refractivity contribution in [3.8, 4) is 0 Å². The lowest BCUT2D eigenvalue weighted by molar-refractivity contribution is 0.0956. The second-order valence-electron chi connectivity index (χ2n) is 4.42. The van der Waals surface area contributed by atoms with Crippen LogP contribution in [0.15, 0.2) is 53.4 Å². The van der Waals surface area contributed by atoms with Gasteiger partial charge < -0.3 is 5.32 Å². The molecule has 0 spiro atoms. The summed E-state index contributed by atoms with van der Waals surface area (Å²) in [5.74, 6) is 0.806. The topological polar surface area (TPSA) is 29.1 Å². The first-order valence-electron chi connectivity index (χ1n) is 6.38. The standard InChI is InChI=1S/C16H16ClNOS/c1-12-2-4-13(5-3-12)16(19)18-10-11-20-15-8-6-14(17)7-9-15/h2-9H,10-11H2,1H3,(H,18,19). The number of thioether (sulfide) groups is 1. The summed E-state index contributed by atoms with van der Waals surface area (Å²) in [6.07, 6.45) is 0. The lowest BCUT2D eigenvalue weighted by Crippen LogP contribution is -2.25. The molecule has 2 rings (SSSR count). The van der Waals surface area contributed by atoms with Crippen molar-refractivity contribution in [3.05, 3.63) is 64.7 Å². The molecule has 1 amide bonds. The van der Waals surface area contributed by atoms with Crippen LogP contribution < -0.4 is 5.32 Å². The van der Waals surface area contributed by atoms with Crippen LogP contribution in [0.3, 0.4) is 0 Å². The van der Waals surface area contributed by atoms with Gasteiger partial charge in [-0.25, -0.2) is 0 Å². The van der Waals surface area contributed by atoms with Crippen molar-refractivity contribution in [3.63, 3.8) is 0 Å². The fraction of sp³-hybridized carbons (Fsp3) is 0.188. The fourth-order valence-electron chi connectivity index (χ4n) is 1.67. The number of nitrogens with one attached hydrogen (secondary N) is 1. The maximum Gasteiger partial charge on any atom is 0.251 e. The van der Waals surface area contributed by atoms with Gasteiger partial charge in [0.25, 0.3) is 5.91 Å². The van der Waals surface area contributed by atoms with E-state index in [-0.39, 0.29) is 5.91 Å². The highest BCUT2D eigenvalue weighted by Crippen LogP contribution is 2.19. The smallest absolute Gasteiger partial charge is 0.251 e. The van der Waals surface area contributed by atoms with E-state index in [2.05, 4.69) is 5.32 Å². The Morgan fingerprint density at radius 2 is 1.75 bits per heavy atom. The predicted octanol–water partition coefficient (Wildman–Crippen LogP) is 4.17. The van der Waals surface area contributed by atoms with E-state index in [0.717, 1.165) is 21.2 Å². The van der Waals surface area contributed by atoms with Crippen LogP contribution in [0.1, 0.15) is 15.9 Å². The molecule has 2 nitrogen and oxygen atoms in total. The fourth-order valence-corrected chi connectivity index (χ4v) is 2.57.